The molecule has 3 aromatic rings. The van der Waals surface area contributed by atoms with E-state index in [0.717, 1.165) is 16.5 Å². The Balaban J connectivity index is 1.83. The van der Waals surface area contributed by atoms with Gasteiger partial charge in [0.05, 0.1) is 10.9 Å². The standard InChI is InChI=1S/C18H16F2N2O4S/c1-8-10(3)27-16-13(8)15(23)21-14(22-16)9(2)25-17(24)11-5-4-6-12(7-11)26-18(19)20/h4-7,9,18H,1-3H3,(H,21,22,23)/t9-/m1/s1. The van der Waals surface area contributed by atoms with Crippen molar-refractivity contribution in [2.75, 3.05) is 0 Å². The van der Waals surface area contributed by atoms with Crippen molar-refractivity contribution in [3.05, 3.63) is 56.4 Å². The summed E-state index contributed by atoms with van der Waals surface area (Å²) in [6.45, 7) is 2.32. The highest BCUT2D eigenvalue weighted by Crippen LogP contribution is 2.27. The molecule has 27 heavy (non-hydrogen) atoms. The fourth-order valence-electron chi connectivity index (χ4n) is 2.55. The summed E-state index contributed by atoms with van der Waals surface area (Å²) in [5, 5.41) is 0.525. The number of aryl methyl sites for hydroxylation is 2. The fourth-order valence-corrected chi connectivity index (χ4v) is 3.58. The fraction of sp³-hybridized carbons (Fsp3) is 0.278. The molecule has 0 amide bonds. The number of alkyl halides is 2. The summed E-state index contributed by atoms with van der Waals surface area (Å²) in [6, 6.07) is 5.29. The van der Waals surface area contributed by atoms with Crippen LogP contribution in [0.2, 0.25) is 0 Å². The Morgan fingerprint density at radius 2 is 2.04 bits per heavy atom. The van der Waals surface area contributed by atoms with Gasteiger partial charge < -0.3 is 14.5 Å². The molecule has 142 valence electrons. The van der Waals surface area contributed by atoms with Crippen molar-refractivity contribution in [3.63, 3.8) is 0 Å². The Hall–Kier alpha value is -2.81. The third kappa shape index (κ3) is 3.97. The number of aromatic nitrogens is 2. The van der Waals surface area contributed by atoms with Crippen LogP contribution in [0, 0.1) is 13.8 Å². The van der Waals surface area contributed by atoms with Gasteiger partial charge in [0, 0.05) is 4.88 Å². The lowest BCUT2D eigenvalue weighted by atomic mass is 10.2. The largest absolute Gasteiger partial charge is 0.451 e. The van der Waals surface area contributed by atoms with E-state index in [1.807, 2.05) is 13.8 Å². The van der Waals surface area contributed by atoms with Crippen LogP contribution in [0.15, 0.2) is 29.1 Å². The molecule has 0 aliphatic rings. The first-order valence-corrected chi connectivity index (χ1v) is 8.83. The Kier molecular flexibility index (Phi) is 5.22. The minimum absolute atomic E-state index is 0.0474. The molecule has 0 aliphatic carbocycles. The van der Waals surface area contributed by atoms with Crippen LogP contribution in [0.25, 0.3) is 10.2 Å². The van der Waals surface area contributed by atoms with Gasteiger partial charge in [0.2, 0.25) is 0 Å². The topological polar surface area (TPSA) is 81.3 Å². The number of carbonyl (C=O) groups excluding carboxylic acids is 1. The summed E-state index contributed by atoms with van der Waals surface area (Å²) in [5.41, 5.74) is 0.620. The third-order valence-corrected chi connectivity index (χ3v) is 5.12. The first kappa shape index (κ1) is 19.0. The second-order valence-corrected chi connectivity index (χ2v) is 7.07. The molecule has 1 N–H and O–H groups in total. The molecular weight excluding hydrogens is 378 g/mol. The molecule has 3 rings (SSSR count). The number of fused-ring (bicyclic) bond motifs is 1. The summed E-state index contributed by atoms with van der Waals surface area (Å²) in [4.78, 5) is 33.2. The van der Waals surface area contributed by atoms with Crippen molar-refractivity contribution >= 4 is 27.5 Å². The van der Waals surface area contributed by atoms with Gasteiger partial charge in [0.1, 0.15) is 10.6 Å². The van der Waals surface area contributed by atoms with E-state index in [1.54, 1.807) is 6.92 Å². The monoisotopic (exact) mass is 394 g/mol. The second-order valence-electron chi connectivity index (χ2n) is 5.87. The van der Waals surface area contributed by atoms with Crippen LogP contribution in [-0.4, -0.2) is 22.5 Å². The summed E-state index contributed by atoms with van der Waals surface area (Å²) in [5.74, 6) is -0.685. The van der Waals surface area contributed by atoms with Gasteiger partial charge in [-0.25, -0.2) is 9.78 Å². The SMILES string of the molecule is Cc1sc2nc([C@@H](C)OC(=O)c3cccc(OC(F)F)c3)[nH]c(=O)c2c1C. The van der Waals surface area contributed by atoms with E-state index in [-0.39, 0.29) is 22.7 Å². The van der Waals surface area contributed by atoms with Crippen LogP contribution in [-0.2, 0) is 4.74 Å². The maximum absolute atomic E-state index is 12.3. The van der Waals surface area contributed by atoms with Gasteiger partial charge in [0.25, 0.3) is 5.56 Å². The molecule has 0 unspecified atom stereocenters. The van der Waals surface area contributed by atoms with Crippen molar-refractivity contribution < 1.29 is 23.0 Å². The lowest BCUT2D eigenvalue weighted by Crippen LogP contribution is -2.17. The zero-order valence-electron chi connectivity index (χ0n) is 14.7. The van der Waals surface area contributed by atoms with E-state index in [0.29, 0.717) is 10.2 Å². The van der Waals surface area contributed by atoms with E-state index in [1.165, 1.54) is 29.5 Å². The highest BCUT2D eigenvalue weighted by molar-refractivity contribution is 7.18. The number of halogens is 2. The molecule has 0 spiro atoms. The summed E-state index contributed by atoms with van der Waals surface area (Å²) in [7, 11) is 0. The quantitative estimate of drug-likeness (QED) is 0.659. The number of rotatable bonds is 5. The number of H-pyrrole nitrogens is 1. The van der Waals surface area contributed by atoms with Gasteiger partial charge in [-0.1, -0.05) is 6.07 Å². The van der Waals surface area contributed by atoms with Gasteiger partial charge in [0.15, 0.2) is 11.9 Å². The number of hydrogen-bond donors (Lipinski definition) is 1. The predicted molar refractivity (Wildman–Crippen MR) is 96.6 cm³/mol. The zero-order valence-corrected chi connectivity index (χ0v) is 15.5. The van der Waals surface area contributed by atoms with Gasteiger partial charge in [-0.2, -0.15) is 8.78 Å². The molecular formula is C18H16F2N2O4S. The molecule has 1 aromatic carbocycles. The number of carbonyl (C=O) groups is 1. The Bertz CT molecular complexity index is 1060. The number of esters is 1. The smallest absolute Gasteiger partial charge is 0.387 e. The number of aromatic amines is 1. The zero-order chi connectivity index (χ0) is 19.7. The molecule has 1 atom stereocenters. The molecule has 2 heterocycles. The van der Waals surface area contributed by atoms with Crippen LogP contribution >= 0.6 is 11.3 Å². The molecule has 0 fully saturated rings. The average Bonchev–Trinajstić information content (AvgIpc) is 2.89. The molecule has 0 saturated heterocycles. The molecule has 6 nitrogen and oxygen atoms in total. The normalized spacial score (nSPS) is 12.4. The molecule has 0 aliphatic heterocycles. The minimum Gasteiger partial charge on any atom is -0.451 e. The van der Waals surface area contributed by atoms with Crippen molar-refractivity contribution in [3.8, 4) is 5.75 Å². The number of ether oxygens (including phenoxy) is 2. The lowest BCUT2D eigenvalue weighted by molar-refractivity contribution is -0.0499. The van der Waals surface area contributed by atoms with Crippen molar-refractivity contribution in [1.29, 1.82) is 0 Å². The molecule has 2 aromatic heterocycles. The Labute approximate surface area is 156 Å². The van der Waals surface area contributed by atoms with E-state index in [2.05, 4.69) is 14.7 Å². The molecule has 9 heteroatoms. The summed E-state index contributed by atoms with van der Waals surface area (Å²) in [6.07, 6.45) is -0.836. The Morgan fingerprint density at radius 3 is 2.74 bits per heavy atom. The van der Waals surface area contributed by atoms with Gasteiger partial charge in [-0.15, -0.1) is 11.3 Å². The maximum atomic E-state index is 12.3. The van der Waals surface area contributed by atoms with E-state index >= 15 is 0 Å². The first-order valence-electron chi connectivity index (χ1n) is 8.02. The molecule has 0 bridgehead atoms. The van der Waals surface area contributed by atoms with Crippen LogP contribution in [0.3, 0.4) is 0 Å². The van der Waals surface area contributed by atoms with Crippen LogP contribution < -0.4 is 10.3 Å². The van der Waals surface area contributed by atoms with E-state index in [4.69, 9.17) is 4.74 Å². The highest BCUT2D eigenvalue weighted by atomic mass is 32.1. The third-order valence-electron chi connectivity index (χ3n) is 4.02. The number of nitrogens with zero attached hydrogens (tertiary/aromatic N) is 1. The van der Waals surface area contributed by atoms with Crippen molar-refractivity contribution in [1.82, 2.24) is 9.97 Å². The minimum atomic E-state index is -2.99. The Morgan fingerprint density at radius 1 is 1.30 bits per heavy atom. The van der Waals surface area contributed by atoms with Crippen molar-refractivity contribution in [2.24, 2.45) is 0 Å². The molecule has 0 radical (unpaired) electrons. The highest BCUT2D eigenvalue weighted by Gasteiger charge is 2.19. The molecule has 0 saturated carbocycles. The first-order chi connectivity index (χ1) is 12.8. The summed E-state index contributed by atoms with van der Waals surface area (Å²) >= 11 is 1.39. The van der Waals surface area contributed by atoms with Crippen LogP contribution in [0.1, 0.15) is 39.7 Å². The van der Waals surface area contributed by atoms with E-state index in [9.17, 15) is 18.4 Å². The van der Waals surface area contributed by atoms with E-state index < -0.39 is 18.7 Å². The maximum Gasteiger partial charge on any atom is 0.387 e. The second kappa shape index (κ2) is 7.43. The average molecular weight is 394 g/mol. The van der Waals surface area contributed by atoms with Crippen LogP contribution in [0.5, 0.6) is 5.75 Å². The van der Waals surface area contributed by atoms with Gasteiger partial charge >= 0.3 is 12.6 Å². The number of hydrogen-bond acceptors (Lipinski definition) is 6. The predicted octanol–water partition coefficient (Wildman–Crippen LogP) is 4.12. The summed E-state index contributed by atoms with van der Waals surface area (Å²) < 4.78 is 34.2. The number of nitrogens with one attached hydrogen (secondary N) is 1. The lowest BCUT2D eigenvalue weighted by Gasteiger charge is -2.13. The number of benzene rings is 1. The number of thiophene rings is 1. The van der Waals surface area contributed by atoms with Crippen molar-refractivity contribution in [2.45, 2.75) is 33.5 Å². The van der Waals surface area contributed by atoms with Gasteiger partial charge in [-0.3, -0.25) is 4.79 Å². The van der Waals surface area contributed by atoms with Gasteiger partial charge in [-0.05, 0) is 44.5 Å². The van der Waals surface area contributed by atoms with Crippen LogP contribution in [0.4, 0.5) is 8.78 Å².